The molecule has 0 spiro atoms. The van der Waals surface area contributed by atoms with Gasteiger partial charge in [-0.15, -0.1) is 0 Å². The van der Waals surface area contributed by atoms with E-state index in [1.54, 1.807) is 13.0 Å². The van der Waals surface area contributed by atoms with Crippen molar-refractivity contribution < 1.29 is 31.2 Å². The fraction of sp³-hybridized carbons (Fsp3) is 0.438. The van der Waals surface area contributed by atoms with Gasteiger partial charge in [-0.25, -0.2) is 8.42 Å². The monoisotopic (exact) mass is 373 g/mol. The molecule has 25 heavy (non-hydrogen) atoms. The minimum Gasteiger partial charge on any atom is -0.297 e. The van der Waals surface area contributed by atoms with Crippen molar-refractivity contribution in [3.63, 3.8) is 0 Å². The van der Waals surface area contributed by atoms with Crippen LogP contribution in [-0.4, -0.2) is 26.2 Å². The van der Waals surface area contributed by atoms with Gasteiger partial charge in [0, 0.05) is 17.2 Å². The second-order valence-corrected chi connectivity index (χ2v) is 8.32. The predicted octanol–water partition coefficient (Wildman–Crippen LogP) is 2.80. The number of carbonyl (C=O) groups excluding carboxylic acids is 2. The quantitative estimate of drug-likeness (QED) is 0.585. The molecule has 0 heterocycles. The van der Waals surface area contributed by atoms with Crippen LogP contribution in [0.5, 0.6) is 0 Å². The van der Waals surface area contributed by atoms with E-state index in [-0.39, 0.29) is 0 Å². The molecule has 0 aromatic heterocycles. The first-order chi connectivity index (χ1) is 11.3. The minimum atomic E-state index is -4.80. The Hall–Kier alpha value is -2.21. The Bertz CT molecular complexity index is 893. The molecule has 2 rings (SSSR count). The van der Waals surface area contributed by atoms with Gasteiger partial charge in [0.2, 0.25) is 0 Å². The van der Waals surface area contributed by atoms with Crippen molar-refractivity contribution in [3.05, 3.63) is 29.3 Å². The Morgan fingerprint density at radius 1 is 1.28 bits per heavy atom. The molecule has 1 aliphatic rings. The van der Waals surface area contributed by atoms with Crippen molar-refractivity contribution in [1.82, 2.24) is 0 Å². The Balaban J connectivity index is 2.56. The number of hydrogen-bond acceptors (Lipinski definition) is 5. The zero-order valence-corrected chi connectivity index (χ0v) is 14.2. The number of nitrogens with zero attached hydrogens (tertiary/aromatic N) is 1. The van der Waals surface area contributed by atoms with E-state index in [0.717, 1.165) is 0 Å². The van der Waals surface area contributed by atoms with Crippen LogP contribution in [-0.2, 0) is 20.8 Å². The third-order valence-electron chi connectivity index (χ3n) is 4.22. The highest BCUT2D eigenvalue weighted by atomic mass is 32.2. The van der Waals surface area contributed by atoms with Gasteiger partial charge in [0.25, 0.3) is 0 Å². The standard InChI is InChI=1S/C16H14F3NO4S/c1-15(5-6-15)14(22)11(8-20)13(21)10-4-3-9(16(17,18)19)7-12(10)25(2,23)24/h3-4,7,11H,5-6H2,1-2H3. The normalized spacial score (nSPS) is 17.4. The topological polar surface area (TPSA) is 92.1 Å². The highest BCUT2D eigenvalue weighted by Crippen LogP contribution is 2.48. The zero-order chi connectivity index (χ0) is 19.2. The molecule has 134 valence electrons. The molecule has 1 fully saturated rings. The van der Waals surface area contributed by atoms with Crippen LogP contribution in [0.2, 0.25) is 0 Å². The number of rotatable bonds is 5. The smallest absolute Gasteiger partial charge is 0.297 e. The molecule has 1 atom stereocenters. The number of ketones is 2. The summed E-state index contributed by atoms with van der Waals surface area (Å²) in [5.41, 5.74) is -2.63. The van der Waals surface area contributed by atoms with Gasteiger partial charge in [-0.05, 0) is 31.0 Å². The molecule has 0 bridgehead atoms. The Kier molecular flexibility index (Phi) is 4.55. The summed E-state index contributed by atoms with van der Waals surface area (Å²) in [5, 5.41) is 9.18. The third-order valence-corrected chi connectivity index (χ3v) is 5.36. The number of Topliss-reactive ketones (excluding diaryl/α,β-unsaturated/α-hetero) is 2. The van der Waals surface area contributed by atoms with E-state index in [2.05, 4.69) is 0 Å². The molecule has 9 heteroatoms. The van der Waals surface area contributed by atoms with Gasteiger partial charge >= 0.3 is 6.18 Å². The molecule has 1 unspecified atom stereocenters. The molecule has 1 saturated carbocycles. The number of benzene rings is 1. The van der Waals surface area contributed by atoms with E-state index in [0.29, 0.717) is 37.3 Å². The lowest BCUT2D eigenvalue weighted by atomic mass is 9.86. The molecule has 1 aromatic rings. The highest BCUT2D eigenvalue weighted by molar-refractivity contribution is 7.90. The first kappa shape index (κ1) is 19.1. The molecule has 0 radical (unpaired) electrons. The zero-order valence-electron chi connectivity index (χ0n) is 13.3. The number of nitriles is 1. The lowest BCUT2D eigenvalue weighted by molar-refractivity contribution is -0.137. The van der Waals surface area contributed by atoms with Crippen LogP contribution in [0, 0.1) is 22.7 Å². The van der Waals surface area contributed by atoms with Crippen molar-refractivity contribution in [2.45, 2.75) is 30.8 Å². The number of carbonyl (C=O) groups is 2. The van der Waals surface area contributed by atoms with E-state index in [1.807, 2.05) is 0 Å². The van der Waals surface area contributed by atoms with Gasteiger partial charge < -0.3 is 0 Å². The summed E-state index contributed by atoms with van der Waals surface area (Å²) in [7, 11) is -4.19. The Morgan fingerprint density at radius 2 is 1.84 bits per heavy atom. The van der Waals surface area contributed by atoms with Crippen LogP contribution in [0.25, 0.3) is 0 Å². The summed E-state index contributed by atoms with van der Waals surface area (Å²) >= 11 is 0. The molecule has 1 aliphatic carbocycles. The van der Waals surface area contributed by atoms with Crippen LogP contribution in [0.1, 0.15) is 35.7 Å². The third kappa shape index (κ3) is 3.74. The van der Waals surface area contributed by atoms with Crippen LogP contribution < -0.4 is 0 Å². The van der Waals surface area contributed by atoms with Gasteiger partial charge in [0.15, 0.2) is 27.3 Å². The van der Waals surface area contributed by atoms with Crippen LogP contribution in [0.15, 0.2) is 23.1 Å². The van der Waals surface area contributed by atoms with Crippen molar-refractivity contribution >= 4 is 21.4 Å². The van der Waals surface area contributed by atoms with E-state index in [4.69, 9.17) is 0 Å². The molecule has 0 aliphatic heterocycles. The molecule has 1 aromatic carbocycles. The lowest BCUT2D eigenvalue weighted by Gasteiger charge is -2.15. The minimum absolute atomic E-state index is 0.348. The molecular formula is C16H14F3NO4S. The van der Waals surface area contributed by atoms with Gasteiger partial charge in [-0.1, -0.05) is 6.92 Å². The van der Waals surface area contributed by atoms with Crippen molar-refractivity contribution in [1.29, 1.82) is 5.26 Å². The Labute approximate surface area is 142 Å². The maximum absolute atomic E-state index is 12.8. The molecule has 5 nitrogen and oxygen atoms in total. The summed E-state index contributed by atoms with van der Waals surface area (Å²) in [6, 6.07) is 3.16. The fourth-order valence-electron chi connectivity index (χ4n) is 2.38. The maximum Gasteiger partial charge on any atom is 0.416 e. The van der Waals surface area contributed by atoms with E-state index in [9.17, 15) is 36.4 Å². The van der Waals surface area contributed by atoms with Gasteiger partial charge in [-0.3, -0.25) is 9.59 Å². The molecule has 0 amide bonds. The molecule has 0 N–H and O–H groups in total. The number of halogens is 3. The average Bonchev–Trinajstić information content (AvgIpc) is 3.24. The van der Waals surface area contributed by atoms with Crippen molar-refractivity contribution in [2.24, 2.45) is 11.3 Å². The van der Waals surface area contributed by atoms with Gasteiger partial charge in [-0.2, -0.15) is 18.4 Å². The van der Waals surface area contributed by atoms with E-state index >= 15 is 0 Å². The lowest BCUT2D eigenvalue weighted by Crippen LogP contribution is -2.29. The number of sulfone groups is 1. The van der Waals surface area contributed by atoms with Crippen molar-refractivity contribution in [2.75, 3.05) is 6.26 Å². The number of alkyl halides is 3. The number of hydrogen-bond donors (Lipinski definition) is 0. The van der Waals surface area contributed by atoms with Crippen LogP contribution >= 0.6 is 0 Å². The Morgan fingerprint density at radius 3 is 2.24 bits per heavy atom. The van der Waals surface area contributed by atoms with Crippen molar-refractivity contribution in [3.8, 4) is 6.07 Å². The average molecular weight is 373 g/mol. The largest absolute Gasteiger partial charge is 0.416 e. The molecular weight excluding hydrogens is 359 g/mol. The highest BCUT2D eigenvalue weighted by Gasteiger charge is 2.50. The van der Waals surface area contributed by atoms with Gasteiger partial charge in [0.05, 0.1) is 16.5 Å². The summed E-state index contributed by atoms with van der Waals surface area (Å²) in [5.74, 6) is -3.49. The second-order valence-electron chi connectivity index (χ2n) is 6.33. The summed E-state index contributed by atoms with van der Waals surface area (Å²) in [4.78, 5) is 24.0. The predicted molar refractivity (Wildman–Crippen MR) is 80.3 cm³/mol. The van der Waals surface area contributed by atoms with Gasteiger partial charge in [0.1, 0.15) is 0 Å². The van der Waals surface area contributed by atoms with Crippen LogP contribution in [0.4, 0.5) is 13.2 Å². The van der Waals surface area contributed by atoms with E-state index < -0.39 is 54.9 Å². The molecule has 0 saturated heterocycles. The SMILES string of the molecule is CC1(C(=O)C(C#N)C(=O)c2ccc(C(F)(F)F)cc2S(C)(=O)=O)CC1. The van der Waals surface area contributed by atoms with E-state index in [1.165, 1.54) is 0 Å². The summed E-state index contributed by atoms with van der Waals surface area (Å²) < 4.78 is 62.1. The first-order valence-electron chi connectivity index (χ1n) is 7.21. The maximum atomic E-state index is 12.8. The fourth-order valence-corrected chi connectivity index (χ4v) is 3.29. The first-order valence-corrected chi connectivity index (χ1v) is 9.10. The summed E-state index contributed by atoms with van der Waals surface area (Å²) in [6.07, 6.45) is -3.13. The summed E-state index contributed by atoms with van der Waals surface area (Å²) in [6.45, 7) is 1.58. The second kappa shape index (κ2) is 5.95. The van der Waals surface area contributed by atoms with Crippen LogP contribution in [0.3, 0.4) is 0 Å².